The van der Waals surface area contributed by atoms with Gasteiger partial charge in [-0.15, -0.1) is 0 Å². The van der Waals surface area contributed by atoms with E-state index in [1.807, 2.05) is 0 Å². The molecular weight excluding hydrogens is 254 g/mol. The Labute approximate surface area is 119 Å². The maximum absolute atomic E-state index is 11.9. The number of hydrogen-bond acceptors (Lipinski definition) is 5. The summed E-state index contributed by atoms with van der Waals surface area (Å²) in [4.78, 5) is 23.0. The molecule has 1 unspecified atom stereocenters. The lowest BCUT2D eigenvalue weighted by atomic mass is 10.1. The van der Waals surface area contributed by atoms with E-state index in [1.165, 1.54) is 37.6 Å². The Morgan fingerprint density at radius 2 is 2.10 bits per heavy atom. The molecule has 0 aromatic carbocycles. The van der Waals surface area contributed by atoms with Crippen molar-refractivity contribution in [2.45, 2.75) is 51.0 Å². The standard InChI is InChI=1S/C15H21N3O2/c1-20-15(19)13-8-5-9-18(13)14-11-6-3-2-4-7-12(11)16-10-17-14/h10,13H,2-9H2,1H3. The van der Waals surface area contributed by atoms with Crippen LogP contribution in [0.25, 0.3) is 0 Å². The summed E-state index contributed by atoms with van der Waals surface area (Å²) in [5.41, 5.74) is 2.42. The van der Waals surface area contributed by atoms with E-state index in [4.69, 9.17) is 4.74 Å². The smallest absolute Gasteiger partial charge is 0.328 e. The summed E-state index contributed by atoms with van der Waals surface area (Å²) < 4.78 is 4.93. The van der Waals surface area contributed by atoms with Gasteiger partial charge < -0.3 is 9.64 Å². The van der Waals surface area contributed by atoms with E-state index in [2.05, 4.69) is 14.9 Å². The molecule has 5 nitrogen and oxygen atoms in total. The van der Waals surface area contributed by atoms with Gasteiger partial charge in [0, 0.05) is 17.8 Å². The van der Waals surface area contributed by atoms with Gasteiger partial charge in [0.2, 0.25) is 0 Å². The van der Waals surface area contributed by atoms with Crippen LogP contribution in [0.3, 0.4) is 0 Å². The highest BCUT2D eigenvalue weighted by Gasteiger charge is 2.34. The monoisotopic (exact) mass is 275 g/mol. The molecule has 0 bridgehead atoms. The Bertz CT molecular complexity index is 504. The predicted molar refractivity (Wildman–Crippen MR) is 75.7 cm³/mol. The zero-order valence-corrected chi connectivity index (χ0v) is 12.0. The molecule has 0 radical (unpaired) electrons. The van der Waals surface area contributed by atoms with E-state index < -0.39 is 0 Å². The molecule has 0 saturated carbocycles. The number of rotatable bonds is 2. The molecule has 5 heteroatoms. The molecule has 1 fully saturated rings. The molecule has 1 aromatic rings. The fourth-order valence-corrected chi connectivity index (χ4v) is 3.33. The van der Waals surface area contributed by atoms with Crippen molar-refractivity contribution in [3.05, 3.63) is 17.6 Å². The first-order valence-electron chi connectivity index (χ1n) is 7.48. The average molecular weight is 275 g/mol. The van der Waals surface area contributed by atoms with Crippen molar-refractivity contribution in [1.29, 1.82) is 0 Å². The molecule has 1 aromatic heterocycles. The SMILES string of the molecule is COC(=O)C1CCCN1c1ncnc2c1CCCCC2. The third-order valence-corrected chi connectivity index (χ3v) is 4.35. The van der Waals surface area contributed by atoms with Crippen LogP contribution in [0.15, 0.2) is 6.33 Å². The minimum atomic E-state index is -0.178. The number of carbonyl (C=O) groups is 1. The van der Waals surface area contributed by atoms with Crippen molar-refractivity contribution >= 4 is 11.8 Å². The van der Waals surface area contributed by atoms with Crippen LogP contribution in [0.2, 0.25) is 0 Å². The Kier molecular flexibility index (Phi) is 3.85. The van der Waals surface area contributed by atoms with Crippen LogP contribution in [-0.2, 0) is 22.4 Å². The van der Waals surface area contributed by atoms with Gasteiger partial charge in [0.05, 0.1) is 7.11 Å². The summed E-state index contributed by atoms with van der Waals surface area (Å²) in [5.74, 6) is 0.813. The van der Waals surface area contributed by atoms with E-state index >= 15 is 0 Å². The van der Waals surface area contributed by atoms with Crippen LogP contribution < -0.4 is 4.90 Å². The first-order valence-corrected chi connectivity index (χ1v) is 7.48. The second kappa shape index (κ2) is 5.77. The number of aryl methyl sites for hydroxylation is 1. The van der Waals surface area contributed by atoms with E-state index in [9.17, 15) is 4.79 Å². The molecule has 1 saturated heterocycles. The lowest BCUT2D eigenvalue weighted by molar-refractivity contribution is -0.141. The topological polar surface area (TPSA) is 55.3 Å². The van der Waals surface area contributed by atoms with Crippen LogP contribution >= 0.6 is 0 Å². The lowest BCUT2D eigenvalue weighted by Gasteiger charge is -2.26. The molecule has 0 amide bonds. The van der Waals surface area contributed by atoms with E-state index in [0.29, 0.717) is 0 Å². The largest absolute Gasteiger partial charge is 0.467 e. The van der Waals surface area contributed by atoms with Crippen molar-refractivity contribution in [2.24, 2.45) is 0 Å². The molecule has 2 heterocycles. The number of ether oxygens (including phenoxy) is 1. The fourth-order valence-electron chi connectivity index (χ4n) is 3.33. The molecule has 108 valence electrons. The molecule has 3 rings (SSSR count). The second-order valence-corrected chi connectivity index (χ2v) is 5.56. The first-order chi connectivity index (χ1) is 9.81. The second-order valence-electron chi connectivity index (χ2n) is 5.56. The van der Waals surface area contributed by atoms with Crippen molar-refractivity contribution in [3.8, 4) is 0 Å². The van der Waals surface area contributed by atoms with E-state index in [-0.39, 0.29) is 12.0 Å². The third-order valence-electron chi connectivity index (χ3n) is 4.35. The van der Waals surface area contributed by atoms with Gasteiger partial charge in [0.15, 0.2) is 0 Å². The molecule has 1 aliphatic carbocycles. The van der Waals surface area contributed by atoms with Crippen LogP contribution in [0, 0.1) is 0 Å². The minimum Gasteiger partial charge on any atom is -0.467 e. The zero-order chi connectivity index (χ0) is 13.9. The first kappa shape index (κ1) is 13.3. The van der Waals surface area contributed by atoms with E-state index in [1.54, 1.807) is 6.33 Å². The van der Waals surface area contributed by atoms with Crippen LogP contribution in [0.5, 0.6) is 0 Å². The summed E-state index contributed by atoms with van der Waals surface area (Å²) in [7, 11) is 1.46. The van der Waals surface area contributed by atoms with Gasteiger partial charge in [0.25, 0.3) is 0 Å². The van der Waals surface area contributed by atoms with Gasteiger partial charge in [0.1, 0.15) is 18.2 Å². The molecule has 1 aliphatic heterocycles. The number of esters is 1. The summed E-state index contributed by atoms with van der Waals surface area (Å²) in [6.07, 6.45) is 9.19. The number of aromatic nitrogens is 2. The molecule has 0 spiro atoms. The van der Waals surface area contributed by atoms with Gasteiger partial charge in [-0.3, -0.25) is 0 Å². The summed E-state index contributed by atoms with van der Waals surface area (Å²) in [6, 6.07) is -0.178. The molecule has 1 atom stereocenters. The Balaban J connectivity index is 1.95. The molecule has 0 N–H and O–H groups in total. The summed E-state index contributed by atoms with van der Waals surface area (Å²) in [5, 5.41) is 0. The molecule has 20 heavy (non-hydrogen) atoms. The van der Waals surface area contributed by atoms with Crippen molar-refractivity contribution < 1.29 is 9.53 Å². The van der Waals surface area contributed by atoms with Crippen molar-refractivity contribution in [2.75, 3.05) is 18.6 Å². The minimum absolute atomic E-state index is 0.150. The van der Waals surface area contributed by atoms with Gasteiger partial charge in [-0.05, 0) is 38.5 Å². The molecule has 2 aliphatic rings. The number of fused-ring (bicyclic) bond motifs is 1. The maximum Gasteiger partial charge on any atom is 0.328 e. The number of hydrogen-bond donors (Lipinski definition) is 0. The normalized spacial score (nSPS) is 22.2. The lowest BCUT2D eigenvalue weighted by Crippen LogP contribution is -2.38. The quantitative estimate of drug-likeness (QED) is 0.609. The average Bonchev–Trinajstić information content (AvgIpc) is 2.83. The van der Waals surface area contributed by atoms with Crippen molar-refractivity contribution in [3.63, 3.8) is 0 Å². The van der Waals surface area contributed by atoms with Gasteiger partial charge in [-0.25, -0.2) is 14.8 Å². The van der Waals surface area contributed by atoms with Crippen molar-refractivity contribution in [1.82, 2.24) is 9.97 Å². The summed E-state index contributed by atoms with van der Waals surface area (Å²) >= 11 is 0. The van der Waals surface area contributed by atoms with Crippen LogP contribution in [-0.4, -0.2) is 35.6 Å². The number of anilines is 1. The van der Waals surface area contributed by atoms with E-state index in [0.717, 1.165) is 38.0 Å². The Morgan fingerprint density at radius 1 is 1.25 bits per heavy atom. The molecular formula is C15H21N3O2. The van der Waals surface area contributed by atoms with Gasteiger partial charge >= 0.3 is 5.97 Å². The van der Waals surface area contributed by atoms with Gasteiger partial charge in [-0.2, -0.15) is 0 Å². The Morgan fingerprint density at radius 3 is 2.95 bits per heavy atom. The highest BCUT2D eigenvalue weighted by Crippen LogP contribution is 2.31. The number of carbonyl (C=O) groups excluding carboxylic acids is 1. The highest BCUT2D eigenvalue weighted by molar-refractivity contribution is 5.80. The zero-order valence-electron chi connectivity index (χ0n) is 12.0. The van der Waals surface area contributed by atoms with Crippen LogP contribution in [0.1, 0.15) is 43.4 Å². The maximum atomic E-state index is 11.9. The number of methoxy groups -OCH3 is 1. The fraction of sp³-hybridized carbons (Fsp3) is 0.667. The summed E-state index contributed by atoms with van der Waals surface area (Å²) in [6.45, 7) is 0.878. The van der Waals surface area contributed by atoms with Gasteiger partial charge in [-0.1, -0.05) is 6.42 Å². The van der Waals surface area contributed by atoms with Crippen LogP contribution in [0.4, 0.5) is 5.82 Å². The predicted octanol–water partition coefficient (Wildman–Crippen LogP) is 1.89. The highest BCUT2D eigenvalue weighted by atomic mass is 16.5. The number of nitrogens with zero attached hydrogens (tertiary/aromatic N) is 3. The third kappa shape index (κ3) is 2.37. The Hall–Kier alpha value is -1.65.